The molecule has 3 aromatic carbocycles. The van der Waals surface area contributed by atoms with E-state index >= 15 is 0 Å². The van der Waals surface area contributed by atoms with E-state index in [9.17, 15) is 18.0 Å². The molecule has 2 amide bonds. The van der Waals surface area contributed by atoms with E-state index in [1.165, 1.54) is 11.9 Å². The van der Waals surface area contributed by atoms with E-state index in [4.69, 9.17) is 0 Å². The Balaban J connectivity index is 1.84. The molecule has 3 rings (SSSR count). The molecule has 0 heterocycles. The number of nitrogens with zero attached hydrogens (tertiary/aromatic N) is 2. The Bertz CT molecular complexity index is 1340. The number of carbonyl (C=O) groups is 2. The lowest BCUT2D eigenvalue weighted by molar-refractivity contribution is -0.140. The number of benzene rings is 3. The van der Waals surface area contributed by atoms with Crippen LogP contribution in [-0.4, -0.2) is 55.6 Å². The largest absolute Gasteiger partial charge is 0.354 e. The molecular weight excluding hydrogens is 474 g/mol. The van der Waals surface area contributed by atoms with Crippen molar-refractivity contribution in [1.29, 1.82) is 0 Å². The number of carbonyl (C=O) groups excluding carboxylic acids is 2. The molecule has 1 N–H and O–H groups in total. The zero-order valence-corrected chi connectivity index (χ0v) is 22.4. The van der Waals surface area contributed by atoms with E-state index in [1.807, 2.05) is 69.3 Å². The quantitative estimate of drug-likeness (QED) is 0.448. The van der Waals surface area contributed by atoms with Crippen LogP contribution in [0.5, 0.6) is 0 Å². The van der Waals surface area contributed by atoms with Crippen LogP contribution in [-0.2, 0) is 26.2 Å². The van der Waals surface area contributed by atoms with Crippen LogP contribution in [0.25, 0.3) is 10.8 Å². The second-order valence-corrected chi connectivity index (χ2v) is 11.6. The van der Waals surface area contributed by atoms with Crippen molar-refractivity contribution < 1.29 is 18.0 Å². The van der Waals surface area contributed by atoms with Crippen LogP contribution in [0.15, 0.2) is 71.6 Å². The Morgan fingerprint density at radius 3 is 2.22 bits per heavy atom. The van der Waals surface area contributed by atoms with Crippen LogP contribution in [0.4, 0.5) is 0 Å². The minimum absolute atomic E-state index is 0.115. The highest BCUT2D eigenvalue weighted by Crippen LogP contribution is 2.22. The van der Waals surface area contributed by atoms with Crippen molar-refractivity contribution in [3.63, 3.8) is 0 Å². The first-order chi connectivity index (χ1) is 17.0. The van der Waals surface area contributed by atoms with Crippen molar-refractivity contribution in [2.75, 3.05) is 20.1 Å². The zero-order chi connectivity index (χ0) is 26.5. The van der Waals surface area contributed by atoms with E-state index in [0.29, 0.717) is 6.54 Å². The topological polar surface area (TPSA) is 86.8 Å². The molecule has 8 heteroatoms. The number of aryl methyl sites for hydroxylation is 1. The Morgan fingerprint density at radius 2 is 1.56 bits per heavy atom. The Kier molecular flexibility index (Phi) is 8.87. The molecule has 0 bridgehead atoms. The predicted molar refractivity (Wildman–Crippen MR) is 143 cm³/mol. The van der Waals surface area contributed by atoms with Gasteiger partial charge in [0.2, 0.25) is 21.8 Å². The molecule has 0 aromatic heterocycles. The lowest BCUT2D eigenvalue weighted by Gasteiger charge is -2.31. The average Bonchev–Trinajstić information content (AvgIpc) is 2.85. The first-order valence-electron chi connectivity index (χ1n) is 12.1. The van der Waals surface area contributed by atoms with Gasteiger partial charge in [-0.15, -0.1) is 0 Å². The minimum atomic E-state index is -3.92. The lowest BCUT2D eigenvalue weighted by atomic mass is 10.1. The van der Waals surface area contributed by atoms with Crippen LogP contribution in [0, 0.1) is 12.8 Å². The molecule has 0 aliphatic rings. The highest BCUT2D eigenvalue weighted by atomic mass is 32.2. The molecule has 36 heavy (non-hydrogen) atoms. The number of hydrogen-bond donors (Lipinski definition) is 1. The monoisotopic (exact) mass is 509 g/mol. The fourth-order valence-corrected chi connectivity index (χ4v) is 5.04. The summed E-state index contributed by atoms with van der Waals surface area (Å²) in [6.07, 6.45) is 0. The van der Waals surface area contributed by atoms with Crippen LogP contribution in [0.2, 0.25) is 0 Å². The van der Waals surface area contributed by atoms with Crippen molar-refractivity contribution in [3.8, 4) is 0 Å². The first-order valence-corrected chi connectivity index (χ1v) is 13.5. The highest BCUT2D eigenvalue weighted by Gasteiger charge is 2.30. The molecule has 0 saturated carbocycles. The third-order valence-electron chi connectivity index (χ3n) is 6.24. The fourth-order valence-electron chi connectivity index (χ4n) is 3.88. The van der Waals surface area contributed by atoms with E-state index < -0.39 is 22.0 Å². The van der Waals surface area contributed by atoms with Gasteiger partial charge in [-0.25, -0.2) is 8.42 Å². The van der Waals surface area contributed by atoms with Crippen LogP contribution in [0.1, 0.15) is 31.9 Å². The van der Waals surface area contributed by atoms with Crippen molar-refractivity contribution in [3.05, 3.63) is 77.9 Å². The molecule has 7 nitrogen and oxygen atoms in total. The maximum Gasteiger partial charge on any atom is 0.243 e. The number of nitrogens with one attached hydrogen (secondary N) is 1. The summed E-state index contributed by atoms with van der Waals surface area (Å²) in [7, 11) is -2.54. The molecule has 0 saturated heterocycles. The second kappa shape index (κ2) is 11.7. The summed E-state index contributed by atoms with van der Waals surface area (Å²) >= 11 is 0. The summed E-state index contributed by atoms with van der Waals surface area (Å²) in [6.45, 7) is 7.91. The van der Waals surface area contributed by atoms with Gasteiger partial charge in [-0.2, -0.15) is 4.31 Å². The van der Waals surface area contributed by atoms with E-state index in [2.05, 4.69) is 5.32 Å². The molecule has 0 aliphatic carbocycles. The highest BCUT2D eigenvalue weighted by molar-refractivity contribution is 7.89. The predicted octanol–water partition coefficient (Wildman–Crippen LogP) is 3.96. The van der Waals surface area contributed by atoms with Gasteiger partial charge in [0.25, 0.3) is 0 Å². The maximum absolute atomic E-state index is 13.5. The molecule has 192 valence electrons. The van der Waals surface area contributed by atoms with Gasteiger partial charge in [0.05, 0.1) is 11.4 Å². The number of rotatable bonds is 10. The first kappa shape index (κ1) is 27.4. The van der Waals surface area contributed by atoms with E-state index in [0.717, 1.165) is 26.2 Å². The molecule has 3 aromatic rings. The normalized spacial score (nSPS) is 12.6. The van der Waals surface area contributed by atoms with Gasteiger partial charge in [0.15, 0.2) is 0 Å². The second-order valence-electron chi connectivity index (χ2n) is 9.53. The van der Waals surface area contributed by atoms with Gasteiger partial charge in [-0.1, -0.05) is 68.4 Å². The smallest absolute Gasteiger partial charge is 0.243 e. The third kappa shape index (κ3) is 6.50. The van der Waals surface area contributed by atoms with Crippen molar-refractivity contribution in [2.24, 2.45) is 5.92 Å². The van der Waals surface area contributed by atoms with Crippen LogP contribution in [0.3, 0.4) is 0 Å². The average molecular weight is 510 g/mol. The molecule has 0 spiro atoms. The molecular formula is C28H35N3O4S. The van der Waals surface area contributed by atoms with Gasteiger partial charge in [-0.05, 0) is 53.8 Å². The van der Waals surface area contributed by atoms with E-state index in [-0.39, 0.29) is 29.8 Å². The fraction of sp³-hybridized carbons (Fsp3) is 0.357. The van der Waals surface area contributed by atoms with E-state index in [1.54, 1.807) is 25.1 Å². The minimum Gasteiger partial charge on any atom is -0.354 e. The molecule has 0 fully saturated rings. The SMILES string of the molecule is Cc1ccccc1CN(C(=O)CN(C)S(=O)(=O)c1ccc2ccccc2c1)[C@@H](C)C(=O)NCC(C)C. The Morgan fingerprint density at radius 1 is 0.917 bits per heavy atom. The van der Waals surface area contributed by atoms with Crippen molar-refractivity contribution in [2.45, 2.75) is 45.2 Å². The zero-order valence-electron chi connectivity index (χ0n) is 21.6. The molecule has 1 atom stereocenters. The number of hydrogen-bond acceptors (Lipinski definition) is 4. The van der Waals surface area contributed by atoms with Gasteiger partial charge in [-0.3, -0.25) is 9.59 Å². The Hall–Kier alpha value is -3.23. The summed E-state index contributed by atoms with van der Waals surface area (Å²) in [5.74, 6) is -0.456. The maximum atomic E-state index is 13.5. The van der Waals surface area contributed by atoms with Crippen LogP contribution >= 0.6 is 0 Å². The van der Waals surface area contributed by atoms with Crippen molar-refractivity contribution in [1.82, 2.24) is 14.5 Å². The molecule has 0 unspecified atom stereocenters. The van der Waals surface area contributed by atoms with Crippen LogP contribution < -0.4 is 5.32 Å². The summed E-state index contributed by atoms with van der Waals surface area (Å²) in [5.41, 5.74) is 1.89. The van der Waals surface area contributed by atoms with Gasteiger partial charge >= 0.3 is 0 Å². The summed E-state index contributed by atoms with van der Waals surface area (Å²) in [5, 5.41) is 4.61. The number of amides is 2. The molecule has 0 radical (unpaired) electrons. The summed E-state index contributed by atoms with van der Waals surface area (Å²) in [4.78, 5) is 27.9. The van der Waals surface area contributed by atoms with Gasteiger partial charge in [0.1, 0.15) is 6.04 Å². The van der Waals surface area contributed by atoms with Gasteiger partial charge < -0.3 is 10.2 Å². The standard InChI is InChI=1S/C28H35N3O4S/c1-20(2)17-29-28(33)22(4)31(18-25-13-7-6-10-21(25)3)27(32)19-30(5)36(34,35)26-15-14-23-11-8-9-12-24(23)16-26/h6-16,20,22H,17-19H2,1-5H3,(H,29,33)/t22-/m0/s1. The Labute approximate surface area is 214 Å². The number of fused-ring (bicyclic) bond motifs is 1. The lowest BCUT2D eigenvalue weighted by Crippen LogP contribution is -2.51. The summed E-state index contributed by atoms with van der Waals surface area (Å²) in [6, 6.07) is 19.3. The van der Waals surface area contributed by atoms with Crippen molar-refractivity contribution >= 4 is 32.6 Å². The van der Waals surface area contributed by atoms with Gasteiger partial charge in [0, 0.05) is 20.1 Å². The third-order valence-corrected chi connectivity index (χ3v) is 8.04. The summed E-state index contributed by atoms with van der Waals surface area (Å²) < 4.78 is 27.7. The number of sulfonamides is 1. The molecule has 0 aliphatic heterocycles. The number of likely N-dealkylation sites (N-methyl/N-ethyl adjacent to an activating group) is 1.